The molecule has 0 fully saturated rings. The number of anilines is 1. The van der Waals surface area contributed by atoms with E-state index in [1.807, 2.05) is 30.3 Å². The summed E-state index contributed by atoms with van der Waals surface area (Å²) in [6.45, 7) is 0. The van der Waals surface area contributed by atoms with Gasteiger partial charge in [0, 0.05) is 34.4 Å². The van der Waals surface area contributed by atoms with Crippen LogP contribution in [-0.4, -0.2) is 10.9 Å². The van der Waals surface area contributed by atoms with Crippen LogP contribution in [0.25, 0.3) is 16.7 Å². The molecule has 3 nitrogen and oxygen atoms in total. The lowest BCUT2D eigenvalue weighted by Crippen LogP contribution is -2.08. The molecule has 0 aliphatic heterocycles. The normalized spacial score (nSPS) is 11.6. The highest BCUT2D eigenvalue weighted by Crippen LogP contribution is 2.25. The summed E-state index contributed by atoms with van der Waals surface area (Å²) in [5.74, 6) is -1.06. The van der Waals surface area contributed by atoms with Crippen LogP contribution in [0.2, 0.25) is 0 Å². The Morgan fingerprint density at radius 3 is 2.57 bits per heavy atom. The molecule has 4 heteroatoms. The lowest BCUT2D eigenvalue weighted by atomic mass is 10.1. The van der Waals surface area contributed by atoms with E-state index in [2.05, 4.69) is 10.3 Å². The fourth-order valence-electron chi connectivity index (χ4n) is 2.16. The predicted molar refractivity (Wildman–Crippen MR) is 82.5 cm³/mol. The minimum absolute atomic E-state index is 0.383. The summed E-state index contributed by atoms with van der Waals surface area (Å²) in [5, 5.41) is 3.37. The van der Waals surface area contributed by atoms with Gasteiger partial charge in [0.1, 0.15) is 5.83 Å². The number of rotatable bonds is 3. The van der Waals surface area contributed by atoms with E-state index < -0.39 is 11.7 Å². The van der Waals surface area contributed by atoms with Gasteiger partial charge in [-0.1, -0.05) is 36.4 Å². The third kappa shape index (κ3) is 2.84. The number of aromatic amines is 1. The number of H-pyrrole nitrogens is 1. The molecule has 3 rings (SSSR count). The van der Waals surface area contributed by atoms with Crippen LogP contribution in [0.5, 0.6) is 0 Å². The molecule has 0 aliphatic rings. The van der Waals surface area contributed by atoms with Crippen molar-refractivity contribution in [1.29, 1.82) is 0 Å². The van der Waals surface area contributed by atoms with Crippen LogP contribution >= 0.6 is 0 Å². The molecular formula is C17H13FN2O. The molecule has 1 heterocycles. The van der Waals surface area contributed by atoms with Crippen molar-refractivity contribution in [1.82, 2.24) is 4.98 Å². The number of carbonyl (C=O) groups excluding carboxylic acids is 1. The van der Waals surface area contributed by atoms with Crippen molar-refractivity contribution in [3.8, 4) is 0 Å². The molecule has 1 amide bonds. The smallest absolute Gasteiger partial charge is 0.251 e. The van der Waals surface area contributed by atoms with E-state index in [9.17, 15) is 9.18 Å². The van der Waals surface area contributed by atoms with Gasteiger partial charge in [0.15, 0.2) is 0 Å². The van der Waals surface area contributed by atoms with Crippen molar-refractivity contribution in [3.05, 3.63) is 72.4 Å². The van der Waals surface area contributed by atoms with Gasteiger partial charge in [-0.05, 0) is 18.2 Å². The molecule has 21 heavy (non-hydrogen) atoms. The number of para-hydroxylation sites is 2. The van der Waals surface area contributed by atoms with Gasteiger partial charge in [-0.25, -0.2) is 4.39 Å². The van der Waals surface area contributed by atoms with E-state index in [0.29, 0.717) is 11.3 Å². The first-order chi connectivity index (χ1) is 10.2. The van der Waals surface area contributed by atoms with Gasteiger partial charge in [0.2, 0.25) is 0 Å². The molecule has 3 aromatic rings. The number of carbonyl (C=O) groups is 1. The second kappa shape index (κ2) is 5.63. The van der Waals surface area contributed by atoms with Crippen LogP contribution < -0.4 is 5.32 Å². The van der Waals surface area contributed by atoms with Crippen LogP contribution in [0.4, 0.5) is 10.1 Å². The molecular weight excluding hydrogens is 267 g/mol. The molecule has 2 aromatic carbocycles. The van der Waals surface area contributed by atoms with Crippen LogP contribution in [0.15, 0.2) is 66.9 Å². The van der Waals surface area contributed by atoms with E-state index >= 15 is 0 Å². The fourth-order valence-corrected chi connectivity index (χ4v) is 2.16. The molecule has 0 spiro atoms. The SMILES string of the molecule is O=C(/C=C(\F)c1c[nH]c2ccccc12)Nc1ccccc1. The first-order valence-electron chi connectivity index (χ1n) is 6.54. The first kappa shape index (κ1) is 13.1. The third-order valence-electron chi connectivity index (χ3n) is 3.15. The lowest BCUT2D eigenvalue weighted by Gasteiger charge is -2.01. The molecule has 1 aromatic heterocycles. The number of amides is 1. The molecule has 0 radical (unpaired) electrons. The van der Waals surface area contributed by atoms with E-state index in [1.54, 1.807) is 30.5 Å². The summed E-state index contributed by atoms with van der Waals surface area (Å²) >= 11 is 0. The summed E-state index contributed by atoms with van der Waals surface area (Å²) in [6.07, 6.45) is 2.52. The lowest BCUT2D eigenvalue weighted by molar-refractivity contribution is -0.111. The molecule has 104 valence electrons. The maximum atomic E-state index is 14.2. The van der Waals surface area contributed by atoms with Crippen molar-refractivity contribution in [2.75, 3.05) is 5.32 Å². The van der Waals surface area contributed by atoms with Crippen molar-refractivity contribution in [3.63, 3.8) is 0 Å². The van der Waals surface area contributed by atoms with Crippen molar-refractivity contribution >= 4 is 28.3 Å². The number of aromatic nitrogens is 1. The van der Waals surface area contributed by atoms with E-state index in [4.69, 9.17) is 0 Å². The Bertz CT molecular complexity index is 806. The number of nitrogens with one attached hydrogen (secondary N) is 2. The monoisotopic (exact) mass is 280 g/mol. The van der Waals surface area contributed by atoms with E-state index in [-0.39, 0.29) is 0 Å². The molecule has 0 saturated carbocycles. The van der Waals surface area contributed by atoms with E-state index in [1.165, 1.54) is 0 Å². The molecule has 0 aliphatic carbocycles. The maximum Gasteiger partial charge on any atom is 0.251 e. The standard InChI is InChI=1S/C17H13FN2O/c18-15(10-17(21)20-12-6-2-1-3-7-12)14-11-19-16-9-5-4-8-13(14)16/h1-11,19H,(H,20,21)/b15-10-. The predicted octanol–water partition coefficient (Wildman–Crippen LogP) is 4.12. The molecule has 2 N–H and O–H groups in total. The molecule has 0 unspecified atom stereocenters. The van der Waals surface area contributed by atoms with Gasteiger partial charge in [-0.2, -0.15) is 0 Å². The van der Waals surface area contributed by atoms with Gasteiger partial charge in [0.25, 0.3) is 5.91 Å². The third-order valence-corrected chi connectivity index (χ3v) is 3.15. The number of benzene rings is 2. The number of halogens is 1. The highest BCUT2D eigenvalue weighted by Gasteiger charge is 2.09. The van der Waals surface area contributed by atoms with Gasteiger partial charge < -0.3 is 10.3 Å². The quantitative estimate of drug-likeness (QED) is 0.696. The van der Waals surface area contributed by atoms with Crippen molar-refractivity contribution in [2.45, 2.75) is 0 Å². The van der Waals surface area contributed by atoms with Gasteiger partial charge in [-0.3, -0.25) is 4.79 Å². The van der Waals surface area contributed by atoms with Crippen molar-refractivity contribution in [2.24, 2.45) is 0 Å². The molecule has 0 bridgehead atoms. The minimum atomic E-state index is -0.569. The van der Waals surface area contributed by atoms with Crippen LogP contribution in [-0.2, 0) is 4.79 Å². The summed E-state index contributed by atoms with van der Waals surface area (Å²) in [5.41, 5.74) is 1.85. The molecule has 0 saturated heterocycles. The summed E-state index contributed by atoms with van der Waals surface area (Å²) in [4.78, 5) is 14.8. The number of fused-ring (bicyclic) bond motifs is 1. The second-order valence-electron chi connectivity index (χ2n) is 4.60. The van der Waals surface area contributed by atoms with Crippen LogP contribution in [0.3, 0.4) is 0 Å². The Morgan fingerprint density at radius 2 is 1.76 bits per heavy atom. The Hall–Kier alpha value is -2.88. The van der Waals surface area contributed by atoms with Crippen LogP contribution in [0.1, 0.15) is 5.56 Å². The van der Waals surface area contributed by atoms with Crippen molar-refractivity contribution < 1.29 is 9.18 Å². The zero-order valence-corrected chi connectivity index (χ0v) is 11.1. The summed E-state index contributed by atoms with van der Waals surface area (Å²) in [6, 6.07) is 16.3. The van der Waals surface area contributed by atoms with Gasteiger partial charge >= 0.3 is 0 Å². The largest absolute Gasteiger partial charge is 0.360 e. The minimum Gasteiger partial charge on any atom is -0.360 e. The zero-order chi connectivity index (χ0) is 14.7. The fraction of sp³-hybridized carbons (Fsp3) is 0. The van der Waals surface area contributed by atoms with Crippen LogP contribution in [0, 0.1) is 0 Å². The summed E-state index contributed by atoms with van der Waals surface area (Å²) < 4.78 is 14.2. The average molecular weight is 280 g/mol. The van der Waals surface area contributed by atoms with E-state index in [0.717, 1.165) is 17.0 Å². The number of hydrogen-bond donors (Lipinski definition) is 2. The second-order valence-corrected chi connectivity index (χ2v) is 4.60. The average Bonchev–Trinajstić information content (AvgIpc) is 2.92. The number of hydrogen-bond acceptors (Lipinski definition) is 1. The van der Waals surface area contributed by atoms with Gasteiger partial charge in [-0.15, -0.1) is 0 Å². The highest BCUT2D eigenvalue weighted by atomic mass is 19.1. The Kier molecular flexibility index (Phi) is 3.51. The Labute approximate surface area is 121 Å². The first-order valence-corrected chi connectivity index (χ1v) is 6.54. The highest BCUT2D eigenvalue weighted by molar-refractivity contribution is 6.05. The Morgan fingerprint density at radius 1 is 1.05 bits per heavy atom. The Balaban J connectivity index is 1.84. The van der Waals surface area contributed by atoms with Gasteiger partial charge in [0.05, 0.1) is 0 Å². The maximum absolute atomic E-state index is 14.2. The zero-order valence-electron chi connectivity index (χ0n) is 11.1. The molecule has 0 atom stereocenters. The summed E-state index contributed by atoms with van der Waals surface area (Å²) in [7, 11) is 0. The topological polar surface area (TPSA) is 44.9 Å².